The van der Waals surface area contributed by atoms with Crippen LogP contribution >= 0.6 is 11.3 Å². The second-order valence-electron chi connectivity index (χ2n) is 5.24. The largest absolute Gasteiger partial charge is 0.397 e. The number of thiophene rings is 1. The summed E-state index contributed by atoms with van der Waals surface area (Å²) < 4.78 is 0. The van der Waals surface area contributed by atoms with Crippen LogP contribution in [0.4, 0.5) is 11.4 Å². The van der Waals surface area contributed by atoms with E-state index < -0.39 is 0 Å². The Hall–Kier alpha value is -2.01. The number of rotatable bonds is 3. The zero-order valence-electron chi connectivity index (χ0n) is 11.9. The zero-order chi connectivity index (χ0) is 14.7. The molecule has 0 saturated carbocycles. The number of nitrogens with zero attached hydrogens (tertiary/aromatic N) is 2. The lowest BCUT2D eigenvalue weighted by Gasteiger charge is -2.36. The van der Waals surface area contributed by atoms with Gasteiger partial charge in [-0.05, 0) is 34.5 Å². The van der Waals surface area contributed by atoms with Crippen molar-refractivity contribution in [3.8, 4) is 0 Å². The minimum Gasteiger partial charge on any atom is -0.397 e. The number of anilines is 2. The topological polar surface area (TPSA) is 49.6 Å². The molecule has 0 atom stereocenters. The SMILES string of the molecule is Nc1ccccc1N1CCN(C(=O)Cc2ccsc2)CC1. The number of nitrogens with two attached hydrogens (primary N) is 1. The number of amides is 1. The highest BCUT2D eigenvalue weighted by atomic mass is 32.1. The van der Waals surface area contributed by atoms with Crippen LogP contribution < -0.4 is 10.6 Å². The second kappa shape index (κ2) is 6.18. The number of nitrogen functional groups attached to an aromatic ring is 1. The maximum Gasteiger partial charge on any atom is 0.227 e. The predicted molar refractivity (Wildman–Crippen MR) is 87.7 cm³/mol. The molecule has 4 nitrogen and oxygen atoms in total. The van der Waals surface area contributed by atoms with Crippen molar-refractivity contribution in [1.82, 2.24) is 4.90 Å². The molecule has 5 heteroatoms. The van der Waals surface area contributed by atoms with Gasteiger partial charge < -0.3 is 15.5 Å². The van der Waals surface area contributed by atoms with Gasteiger partial charge in [0.25, 0.3) is 0 Å². The van der Waals surface area contributed by atoms with Gasteiger partial charge in [0, 0.05) is 26.2 Å². The number of hydrogen-bond acceptors (Lipinski definition) is 4. The van der Waals surface area contributed by atoms with Gasteiger partial charge in [-0.15, -0.1) is 0 Å². The fourth-order valence-corrected chi connectivity index (χ4v) is 3.32. The van der Waals surface area contributed by atoms with Crippen LogP contribution in [0.5, 0.6) is 0 Å². The Morgan fingerprint density at radius 3 is 2.57 bits per heavy atom. The summed E-state index contributed by atoms with van der Waals surface area (Å²) in [7, 11) is 0. The van der Waals surface area contributed by atoms with Crippen molar-refractivity contribution >= 4 is 28.6 Å². The van der Waals surface area contributed by atoms with E-state index in [1.807, 2.05) is 46.0 Å². The first-order valence-electron chi connectivity index (χ1n) is 7.12. The first kappa shape index (κ1) is 13.9. The van der Waals surface area contributed by atoms with E-state index in [9.17, 15) is 4.79 Å². The van der Waals surface area contributed by atoms with Crippen molar-refractivity contribution in [3.05, 3.63) is 46.7 Å². The molecule has 1 aromatic carbocycles. The molecule has 110 valence electrons. The van der Waals surface area contributed by atoms with Crippen LogP contribution in [-0.4, -0.2) is 37.0 Å². The van der Waals surface area contributed by atoms with Crippen LogP contribution in [-0.2, 0) is 11.2 Å². The van der Waals surface area contributed by atoms with Gasteiger partial charge in [0.1, 0.15) is 0 Å². The molecule has 1 fully saturated rings. The second-order valence-corrected chi connectivity index (χ2v) is 6.02. The smallest absolute Gasteiger partial charge is 0.227 e. The van der Waals surface area contributed by atoms with Crippen LogP contribution in [0.1, 0.15) is 5.56 Å². The van der Waals surface area contributed by atoms with Gasteiger partial charge in [0.05, 0.1) is 17.8 Å². The summed E-state index contributed by atoms with van der Waals surface area (Å²) in [6.07, 6.45) is 0.511. The molecule has 0 radical (unpaired) electrons. The van der Waals surface area contributed by atoms with Crippen molar-refractivity contribution in [3.63, 3.8) is 0 Å². The molecule has 2 heterocycles. The molecule has 0 bridgehead atoms. The molecule has 0 spiro atoms. The van der Waals surface area contributed by atoms with Gasteiger partial charge in [0.2, 0.25) is 5.91 Å². The summed E-state index contributed by atoms with van der Waals surface area (Å²) in [6, 6.07) is 9.92. The van der Waals surface area contributed by atoms with Gasteiger partial charge >= 0.3 is 0 Å². The Kier molecular flexibility index (Phi) is 4.10. The Morgan fingerprint density at radius 2 is 1.90 bits per heavy atom. The lowest BCUT2D eigenvalue weighted by molar-refractivity contribution is -0.130. The Bertz CT molecular complexity index is 604. The quantitative estimate of drug-likeness (QED) is 0.884. The fraction of sp³-hybridized carbons (Fsp3) is 0.312. The number of carbonyl (C=O) groups excluding carboxylic acids is 1. The third-order valence-electron chi connectivity index (χ3n) is 3.85. The maximum absolute atomic E-state index is 12.3. The Balaban J connectivity index is 1.58. The van der Waals surface area contributed by atoms with Crippen molar-refractivity contribution in [2.24, 2.45) is 0 Å². The molecule has 1 aromatic heterocycles. The average Bonchev–Trinajstić information content (AvgIpc) is 3.01. The first-order chi connectivity index (χ1) is 10.2. The standard InChI is InChI=1S/C16H19N3OS/c17-14-3-1-2-4-15(14)18-6-8-19(9-7-18)16(20)11-13-5-10-21-12-13/h1-5,10,12H,6-9,11,17H2. The highest BCUT2D eigenvalue weighted by molar-refractivity contribution is 7.07. The monoisotopic (exact) mass is 301 g/mol. The molecule has 1 amide bonds. The summed E-state index contributed by atoms with van der Waals surface area (Å²) >= 11 is 1.63. The van der Waals surface area contributed by atoms with E-state index in [2.05, 4.69) is 4.90 Å². The average molecular weight is 301 g/mol. The summed E-state index contributed by atoms with van der Waals surface area (Å²) in [5.74, 6) is 0.217. The molecule has 21 heavy (non-hydrogen) atoms. The minimum absolute atomic E-state index is 0.217. The molecule has 3 rings (SSSR count). The van der Waals surface area contributed by atoms with E-state index in [-0.39, 0.29) is 5.91 Å². The number of carbonyl (C=O) groups is 1. The summed E-state index contributed by atoms with van der Waals surface area (Å²) in [5, 5.41) is 4.05. The van der Waals surface area contributed by atoms with Gasteiger partial charge in [-0.1, -0.05) is 12.1 Å². The number of para-hydroxylation sites is 2. The molecule has 1 saturated heterocycles. The molecule has 1 aliphatic heterocycles. The van der Waals surface area contributed by atoms with E-state index in [0.717, 1.165) is 43.1 Å². The zero-order valence-corrected chi connectivity index (χ0v) is 12.7. The molecule has 0 unspecified atom stereocenters. The molecule has 2 aromatic rings. The van der Waals surface area contributed by atoms with Gasteiger partial charge in [-0.3, -0.25) is 4.79 Å². The van der Waals surface area contributed by atoms with Crippen LogP contribution in [0.15, 0.2) is 41.1 Å². The van der Waals surface area contributed by atoms with E-state index in [4.69, 9.17) is 5.73 Å². The number of piperazine rings is 1. The number of hydrogen-bond donors (Lipinski definition) is 1. The van der Waals surface area contributed by atoms with E-state index in [1.54, 1.807) is 11.3 Å². The molecule has 2 N–H and O–H groups in total. The lowest BCUT2D eigenvalue weighted by Crippen LogP contribution is -2.49. The van der Waals surface area contributed by atoms with Crippen molar-refractivity contribution in [2.75, 3.05) is 36.8 Å². The van der Waals surface area contributed by atoms with Crippen molar-refractivity contribution in [2.45, 2.75) is 6.42 Å². The molecular weight excluding hydrogens is 282 g/mol. The predicted octanol–water partition coefficient (Wildman–Crippen LogP) is 2.22. The van der Waals surface area contributed by atoms with E-state index >= 15 is 0 Å². The summed E-state index contributed by atoms with van der Waals surface area (Å²) in [4.78, 5) is 16.5. The van der Waals surface area contributed by atoms with E-state index in [0.29, 0.717) is 6.42 Å². The van der Waals surface area contributed by atoms with Gasteiger partial charge in [-0.25, -0.2) is 0 Å². The maximum atomic E-state index is 12.3. The Labute approximate surface area is 128 Å². The van der Waals surface area contributed by atoms with Crippen LogP contribution in [0, 0.1) is 0 Å². The Morgan fingerprint density at radius 1 is 1.14 bits per heavy atom. The lowest BCUT2D eigenvalue weighted by atomic mass is 10.2. The van der Waals surface area contributed by atoms with Crippen molar-refractivity contribution in [1.29, 1.82) is 0 Å². The number of benzene rings is 1. The highest BCUT2D eigenvalue weighted by Crippen LogP contribution is 2.23. The third-order valence-corrected chi connectivity index (χ3v) is 4.58. The molecule has 0 aliphatic carbocycles. The molecular formula is C16H19N3OS. The molecule has 1 aliphatic rings. The van der Waals surface area contributed by atoms with Crippen molar-refractivity contribution < 1.29 is 4.79 Å². The minimum atomic E-state index is 0.217. The highest BCUT2D eigenvalue weighted by Gasteiger charge is 2.22. The van der Waals surface area contributed by atoms with Gasteiger partial charge in [-0.2, -0.15) is 11.3 Å². The third kappa shape index (κ3) is 3.19. The fourth-order valence-electron chi connectivity index (χ4n) is 2.65. The van der Waals surface area contributed by atoms with Crippen LogP contribution in [0.3, 0.4) is 0 Å². The summed E-state index contributed by atoms with van der Waals surface area (Å²) in [5.41, 5.74) is 9.00. The van der Waals surface area contributed by atoms with Crippen LogP contribution in [0.2, 0.25) is 0 Å². The van der Waals surface area contributed by atoms with E-state index in [1.165, 1.54) is 0 Å². The van der Waals surface area contributed by atoms with Crippen LogP contribution in [0.25, 0.3) is 0 Å². The van der Waals surface area contributed by atoms with Gasteiger partial charge in [0.15, 0.2) is 0 Å². The first-order valence-corrected chi connectivity index (χ1v) is 8.06. The summed E-state index contributed by atoms with van der Waals surface area (Å²) in [6.45, 7) is 3.20. The normalized spacial score (nSPS) is 15.2.